The van der Waals surface area contributed by atoms with Crippen LogP contribution in [0.25, 0.3) is 0 Å². The fourth-order valence-corrected chi connectivity index (χ4v) is 1.58. The first-order valence-corrected chi connectivity index (χ1v) is 5.40. The molecule has 1 aromatic rings. The van der Waals surface area contributed by atoms with E-state index in [1.165, 1.54) is 18.3 Å². The van der Waals surface area contributed by atoms with E-state index in [1.54, 1.807) is 12.3 Å². The van der Waals surface area contributed by atoms with Gasteiger partial charge in [-0.25, -0.2) is 4.98 Å². The zero-order valence-corrected chi connectivity index (χ0v) is 9.43. The maximum atomic E-state index is 11.4. The standard InChI is InChI=1S/C9H13N3O2S/c1-5(3-10)8(14)12-9-11-7(4-15-9)6(2)13/h4-5H,3,10H2,1-2H3,(H,11,12,14). The monoisotopic (exact) mass is 227 g/mol. The van der Waals surface area contributed by atoms with E-state index in [2.05, 4.69) is 10.3 Å². The highest BCUT2D eigenvalue weighted by Gasteiger charge is 2.13. The second-order valence-electron chi connectivity index (χ2n) is 3.22. The second kappa shape index (κ2) is 4.99. The van der Waals surface area contributed by atoms with E-state index < -0.39 is 0 Å². The van der Waals surface area contributed by atoms with Gasteiger partial charge in [-0.05, 0) is 0 Å². The van der Waals surface area contributed by atoms with Crippen molar-refractivity contribution in [2.45, 2.75) is 13.8 Å². The van der Waals surface area contributed by atoms with Crippen molar-refractivity contribution < 1.29 is 9.59 Å². The number of nitrogens with two attached hydrogens (primary N) is 1. The molecule has 0 aliphatic heterocycles. The average Bonchev–Trinajstić information content (AvgIpc) is 2.65. The Morgan fingerprint density at radius 2 is 2.33 bits per heavy atom. The summed E-state index contributed by atoms with van der Waals surface area (Å²) >= 11 is 1.23. The third-order valence-electron chi connectivity index (χ3n) is 1.90. The number of thiazole rings is 1. The van der Waals surface area contributed by atoms with Gasteiger partial charge in [-0.15, -0.1) is 11.3 Å². The fraction of sp³-hybridized carbons (Fsp3) is 0.444. The van der Waals surface area contributed by atoms with Gasteiger partial charge in [-0.3, -0.25) is 9.59 Å². The summed E-state index contributed by atoms with van der Waals surface area (Å²) in [6.07, 6.45) is 0. The van der Waals surface area contributed by atoms with Gasteiger partial charge in [0.05, 0.1) is 0 Å². The van der Waals surface area contributed by atoms with Gasteiger partial charge in [-0.1, -0.05) is 6.92 Å². The Morgan fingerprint density at radius 1 is 1.67 bits per heavy atom. The molecule has 0 aromatic carbocycles. The lowest BCUT2D eigenvalue weighted by atomic mass is 10.2. The highest BCUT2D eigenvalue weighted by atomic mass is 32.1. The lowest BCUT2D eigenvalue weighted by molar-refractivity contribution is -0.119. The molecule has 82 valence electrons. The fourth-order valence-electron chi connectivity index (χ4n) is 0.828. The molecule has 1 unspecified atom stereocenters. The lowest BCUT2D eigenvalue weighted by Crippen LogP contribution is -2.26. The quantitative estimate of drug-likeness (QED) is 0.748. The third kappa shape index (κ3) is 3.10. The van der Waals surface area contributed by atoms with Crippen molar-refractivity contribution in [3.63, 3.8) is 0 Å². The van der Waals surface area contributed by atoms with Gasteiger partial charge in [-0.2, -0.15) is 0 Å². The zero-order valence-electron chi connectivity index (χ0n) is 8.61. The number of rotatable bonds is 4. The number of nitrogens with zero attached hydrogens (tertiary/aromatic N) is 1. The number of aromatic nitrogens is 1. The molecule has 0 bridgehead atoms. The van der Waals surface area contributed by atoms with Gasteiger partial charge in [0.25, 0.3) is 0 Å². The van der Waals surface area contributed by atoms with Crippen molar-refractivity contribution >= 4 is 28.2 Å². The van der Waals surface area contributed by atoms with Gasteiger partial charge in [0.2, 0.25) is 5.91 Å². The van der Waals surface area contributed by atoms with Crippen LogP contribution in [0.3, 0.4) is 0 Å². The van der Waals surface area contributed by atoms with Gasteiger partial charge in [0.15, 0.2) is 10.9 Å². The summed E-state index contributed by atoms with van der Waals surface area (Å²) in [5.74, 6) is -0.546. The summed E-state index contributed by atoms with van der Waals surface area (Å²) in [7, 11) is 0. The molecule has 1 rings (SSSR count). The van der Waals surface area contributed by atoms with Crippen molar-refractivity contribution in [1.82, 2.24) is 4.98 Å². The summed E-state index contributed by atoms with van der Waals surface area (Å²) in [5, 5.41) is 4.66. The van der Waals surface area contributed by atoms with Gasteiger partial charge in [0, 0.05) is 24.8 Å². The number of carbonyl (C=O) groups is 2. The number of amides is 1. The summed E-state index contributed by atoms with van der Waals surface area (Å²) in [5.41, 5.74) is 5.72. The van der Waals surface area contributed by atoms with Crippen LogP contribution in [0.4, 0.5) is 5.13 Å². The summed E-state index contributed by atoms with van der Waals surface area (Å²) in [4.78, 5) is 26.3. The Balaban J connectivity index is 2.65. The Bertz CT molecular complexity index is 375. The molecule has 0 saturated heterocycles. The van der Waals surface area contributed by atoms with Crippen LogP contribution in [0.15, 0.2) is 5.38 Å². The Hall–Kier alpha value is -1.27. The van der Waals surface area contributed by atoms with Crippen LogP contribution in [-0.2, 0) is 4.79 Å². The van der Waals surface area contributed by atoms with E-state index in [-0.39, 0.29) is 24.2 Å². The maximum absolute atomic E-state index is 11.4. The van der Waals surface area contributed by atoms with Crippen molar-refractivity contribution in [2.75, 3.05) is 11.9 Å². The number of nitrogens with one attached hydrogen (secondary N) is 1. The predicted octanol–water partition coefficient (Wildman–Crippen LogP) is 0.879. The summed E-state index contributed by atoms with van der Waals surface area (Å²) in [6, 6.07) is 0. The number of Topliss-reactive ketones (excluding diaryl/α,β-unsaturated/α-hetero) is 1. The zero-order chi connectivity index (χ0) is 11.4. The molecule has 0 radical (unpaired) electrons. The van der Waals surface area contributed by atoms with Gasteiger partial charge < -0.3 is 11.1 Å². The number of hydrogen-bond acceptors (Lipinski definition) is 5. The van der Waals surface area contributed by atoms with Crippen molar-refractivity contribution in [2.24, 2.45) is 11.7 Å². The van der Waals surface area contributed by atoms with Crippen LogP contribution >= 0.6 is 11.3 Å². The molecule has 1 aromatic heterocycles. The molecule has 15 heavy (non-hydrogen) atoms. The first kappa shape index (κ1) is 11.8. The predicted molar refractivity (Wildman–Crippen MR) is 59.0 cm³/mol. The van der Waals surface area contributed by atoms with Crippen LogP contribution < -0.4 is 11.1 Å². The highest BCUT2D eigenvalue weighted by Crippen LogP contribution is 2.16. The largest absolute Gasteiger partial charge is 0.330 e. The number of carbonyl (C=O) groups excluding carboxylic acids is 2. The van der Waals surface area contributed by atoms with Crippen LogP contribution in [0, 0.1) is 5.92 Å². The summed E-state index contributed by atoms with van der Waals surface area (Å²) < 4.78 is 0. The normalized spacial score (nSPS) is 12.2. The van der Waals surface area contributed by atoms with E-state index in [9.17, 15) is 9.59 Å². The van der Waals surface area contributed by atoms with Crippen molar-refractivity contribution in [1.29, 1.82) is 0 Å². The molecule has 1 heterocycles. The smallest absolute Gasteiger partial charge is 0.230 e. The number of anilines is 1. The topological polar surface area (TPSA) is 85.1 Å². The van der Waals surface area contributed by atoms with Crippen LogP contribution in [-0.4, -0.2) is 23.2 Å². The molecule has 1 amide bonds. The molecule has 0 fully saturated rings. The minimum absolute atomic E-state index is 0.112. The van der Waals surface area contributed by atoms with Crippen LogP contribution in [0.5, 0.6) is 0 Å². The Morgan fingerprint density at radius 3 is 2.80 bits per heavy atom. The van der Waals surface area contributed by atoms with Crippen molar-refractivity contribution in [3.8, 4) is 0 Å². The van der Waals surface area contributed by atoms with Gasteiger partial charge in [0.1, 0.15) is 5.69 Å². The van der Waals surface area contributed by atoms with Crippen LogP contribution in [0.2, 0.25) is 0 Å². The third-order valence-corrected chi connectivity index (χ3v) is 2.65. The van der Waals surface area contributed by atoms with Gasteiger partial charge >= 0.3 is 0 Å². The molecule has 3 N–H and O–H groups in total. The molecule has 6 heteroatoms. The molecule has 1 atom stereocenters. The molecular weight excluding hydrogens is 214 g/mol. The van der Waals surface area contributed by atoms with E-state index in [0.717, 1.165) is 0 Å². The lowest BCUT2D eigenvalue weighted by Gasteiger charge is -2.06. The SMILES string of the molecule is CC(=O)c1csc(NC(=O)C(C)CN)n1. The first-order valence-electron chi connectivity index (χ1n) is 4.52. The molecule has 0 saturated carbocycles. The summed E-state index contributed by atoms with van der Waals surface area (Å²) in [6.45, 7) is 3.45. The molecule has 0 aliphatic carbocycles. The van der Waals surface area contributed by atoms with Crippen molar-refractivity contribution in [3.05, 3.63) is 11.1 Å². The average molecular weight is 227 g/mol. The Kier molecular flexibility index (Phi) is 3.93. The van der Waals surface area contributed by atoms with E-state index in [4.69, 9.17) is 5.73 Å². The molecule has 0 aliphatic rings. The second-order valence-corrected chi connectivity index (χ2v) is 4.08. The highest BCUT2D eigenvalue weighted by molar-refractivity contribution is 7.14. The molecule has 5 nitrogen and oxygen atoms in total. The minimum atomic E-state index is -0.255. The van der Waals surface area contributed by atoms with E-state index in [0.29, 0.717) is 10.8 Å². The number of ketones is 1. The molecule has 0 spiro atoms. The van der Waals surface area contributed by atoms with Crippen LogP contribution in [0.1, 0.15) is 24.3 Å². The number of hydrogen-bond donors (Lipinski definition) is 2. The first-order chi connectivity index (χ1) is 7.04. The Labute approximate surface area is 91.7 Å². The molecular formula is C9H13N3O2S. The maximum Gasteiger partial charge on any atom is 0.230 e. The minimum Gasteiger partial charge on any atom is -0.330 e. The van der Waals surface area contributed by atoms with E-state index >= 15 is 0 Å². The van der Waals surface area contributed by atoms with E-state index in [1.807, 2.05) is 0 Å².